The van der Waals surface area contributed by atoms with Gasteiger partial charge in [-0.05, 0) is 58.4 Å². The Kier molecular flexibility index (Phi) is 15.3. The van der Waals surface area contributed by atoms with Gasteiger partial charge < -0.3 is 28.3 Å². The molecule has 0 saturated heterocycles. The minimum Gasteiger partial charge on any atom is -0.489 e. The Bertz CT molecular complexity index is 2780. The zero-order valence-corrected chi connectivity index (χ0v) is 37.4. The first-order valence-corrected chi connectivity index (χ1v) is 22.8. The highest BCUT2D eigenvalue weighted by atomic mass is 16.5. The fraction of sp³-hybridized carbons (Fsp3) is 0.224. The second-order valence-corrected chi connectivity index (χ2v) is 16.4. The van der Waals surface area contributed by atoms with E-state index in [4.69, 9.17) is 23.7 Å². The number of fused-ring (bicyclic) bond motifs is 1. The highest BCUT2D eigenvalue weighted by Crippen LogP contribution is 2.42. The Morgan fingerprint density at radius 2 is 0.938 bits per heavy atom. The van der Waals surface area contributed by atoms with Gasteiger partial charge in [0.2, 0.25) is 5.43 Å². The van der Waals surface area contributed by atoms with E-state index in [2.05, 4.69) is 18.4 Å². The van der Waals surface area contributed by atoms with E-state index in [1.807, 2.05) is 182 Å². The van der Waals surface area contributed by atoms with E-state index in [0.717, 1.165) is 59.1 Å². The van der Waals surface area contributed by atoms with Gasteiger partial charge in [-0.1, -0.05) is 185 Å². The maximum absolute atomic E-state index is 15.6. The first kappa shape index (κ1) is 44.4. The average Bonchev–Trinajstić information content (AvgIpc) is 3.36. The lowest BCUT2D eigenvalue weighted by Gasteiger charge is -2.26. The largest absolute Gasteiger partial charge is 0.489 e. The van der Waals surface area contributed by atoms with Gasteiger partial charge in [0.15, 0.2) is 17.2 Å². The van der Waals surface area contributed by atoms with Crippen LogP contribution < -0.4 is 29.1 Å². The summed E-state index contributed by atoms with van der Waals surface area (Å²) in [6.45, 7) is 6.59. The van der Waals surface area contributed by atoms with Crippen LogP contribution in [0.2, 0.25) is 0 Å². The molecule has 0 fully saturated rings. The number of unbranched alkanes of at least 4 members (excludes halogenated alkanes) is 1. The summed E-state index contributed by atoms with van der Waals surface area (Å²) in [5, 5.41) is 0.438. The van der Waals surface area contributed by atoms with Gasteiger partial charge in [-0.25, -0.2) is 0 Å². The average molecular weight is 864 g/mol. The number of aromatic nitrogens is 1. The second-order valence-electron chi connectivity index (χ2n) is 16.4. The summed E-state index contributed by atoms with van der Waals surface area (Å²) in [7, 11) is 0. The minimum atomic E-state index is -0.266. The van der Waals surface area contributed by atoms with Gasteiger partial charge in [0.05, 0.1) is 16.6 Å². The molecule has 0 aliphatic carbocycles. The van der Waals surface area contributed by atoms with Crippen molar-refractivity contribution in [3.63, 3.8) is 0 Å². The molecule has 0 radical (unpaired) electrons. The SMILES string of the molecule is CCCCC(CC)Cn1c(-c2ccc(OCc3ccccc3)c(OCc3ccccc3)c2)c(OCc2ccccc2)c(=O)c2c(OCc3ccccc3)cc(OCc3ccccc3)cc21. The van der Waals surface area contributed by atoms with Crippen molar-refractivity contribution in [3.8, 4) is 40.0 Å². The van der Waals surface area contributed by atoms with Crippen LogP contribution in [0.25, 0.3) is 22.2 Å². The van der Waals surface area contributed by atoms with Crippen LogP contribution >= 0.6 is 0 Å². The first-order chi connectivity index (χ1) is 32.1. The lowest BCUT2D eigenvalue weighted by Crippen LogP contribution is -2.21. The predicted octanol–water partition coefficient (Wildman–Crippen LogP) is 13.8. The summed E-state index contributed by atoms with van der Waals surface area (Å²) >= 11 is 0. The molecule has 0 amide bonds. The van der Waals surface area contributed by atoms with Gasteiger partial charge in [0.25, 0.3) is 0 Å². The molecule has 0 spiro atoms. The van der Waals surface area contributed by atoms with Crippen molar-refractivity contribution in [1.82, 2.24) is 4.57 Å². The molecule has 0 aliphatic heterocycles. The fourth-order valence-corrected chi connectivity index (χ4v) is 8.03. The van der Waals surface area contributed by atoms with Crippen LogP contribution in [0.5, 0.6) is 28.7 Å². The summed E-state index contributed by atoms with van der Waals surface area (Å²) in [5.41, 5.74) is 6.88. The zero-order chi connectivity index (χ0) is 44.6. The number of ether oxygens (including phenoxy) is 5. The van der Waals surface area contributed by atoms with E-state index >= 15 is 4.79 Å². The molecule has 0 N–H and O–H groups in total. The van der Waals surface area contributed by atoms with Crippen LogP contribution in [0.3, 0.4) is 0 Å². The molecule has 1 heterocycles. The topological polar surface area (TPSA) is 68.2 Å². The number of benzene rings is 7. The smallest absolute Gasteiger partial charge is 0.235 e. The molecule has 7 nitrogen and oxygen atoms in total. The summed E-state index contributed by atoms with van der Waals surface area (Å²) in [6.07, 6.45) is 4.15. The highest BCUT2D eigenvalue weighted by Gasteiger charge is 2.26. The molecule has 1 aromatic heterocycles. The van der Waals surface area contributed by atoms with Crippen LogP contribution in [0.1, 0.15) is 67.3 Å². The van der Waals surface area contributed by atoms with Gasteiger partial charge >= 0.3 is 0 Å². The fourth-order valence-electron chi connectivity index (χ4n) is 8.03. The van der Waals surface area contributed by atoms with Gasteiger partial charge in [0.1, 0.15) is 44.5 Å². The Morgan fingerprint density at radius 1 is 0.477 bits per heavy atom. The number of rotatable bonds is 22. The lowest BCUT2D eigenvalue weighted by molar-refractivity contribution is 0.256. The molecule has 1 atom stereocenters. The van der Waals surface area contributed by atoms with Crippen LogP contribution in [-0.2, 0) is 39.6 Å². The Balaban J connectivity index is 1.34. The van der Waals surface area contributed by atoms with Crippen molar-refractivity contribution in [1.29, 1.82) is 0 Å². The van der Waals surface area contributed by atoms with Crippen LogP contribution in [-0.4, -0.2) is 4.57 Å². The van der Waals surface area contributed by atoms with E-state index in [9.17, 15) is 0 Å². The first-order valence-electron chi connectivity index (χ1n) is 22.8. The highest BCUT2D eigenvalue weighted by molar-refractivity contribution is 5.92. The van der Waals surface area contributed by atoms with Gasteiger partial charge in [0, 0.05) is 24.2 Å². The molecule has 330 valence electrons. The quantitative estimate of drug-likeness (QED) is 0.0676. The van der Waals surface area contributed by atoms with Crippen LogP contribution in [0.4, 0.5) is 0 Å². The molecule has 8 aromatic rings. The Morgan fingerprint density at radius 3 is 1.43 bits per heavy atom. The third-order valence-electron chi connectivity index (χ3n) is 11.7. The van der Waals surface area contributed by atoms with Crippen LogP contribution in [0, 0.1) is 5.92 Å². The maximum atomic E-state index is 15.6. The zero-order valence-electron chi connectivity index (χ0n) is 37.4. The van der Waals surface area contributed by atoms with E-state index in [-0.39, 0.29) is 24.4 Å². The Labute approximate surface area is 382 Å². The molecule has 1 unspecified atom stereocenters. The van der Waals surface area contributed by atoms with Gasteiger partial charge in [-0.2, -0.15) is 0 Å². The maximum Gasteiger partial charge on any atom is 0.235 e. The molecule has 65 heavy (non-hydrogen) atoms. The normalized spacial score (nSPS) is 11.5. The molecule has 0 bridgehead atoms. The predicted molar refractivity (Wildman–Crippen MR) is 261 cm³/mol. The molecule has 8 rings (SSSR count). The molecule has 0 aliphatic rings. The summed E-state index contributed by atoms with van der Waals surface area (Å²) < 4.78 is 35.5. The third kappa shape index (κ3) is 11.7. The number of nitrogens with zero attached hydrogens (tertiary/aromatic N) is 1. The standard InChI is InChI=1S/C58H57NO6/c1-3-5-21-43(4-2)37-59-51-35-50(61-38-44-22-11-6-12-23-44)36-54(64-41-47-28-17-9-18-29-47)55(51)57(60)58(65-42-48-30-19-10-20-31-48)56(59)49-32-33-52(62-39-45-24-13-7-14-25-45)53(34-49)63-40-46-26-15-8-16-27-46/h6-20,22-36,43H,3-5,21,37-42H2,1-2H3. The van der Waals surface area contributed by atoms with E-state index in [1.54, 1.807) is 0 Å². The molecule has 0 saturated carbocycles. The lowest BCUT2D eigenvalue weighted by atomic mass is 9.97. The molecular weight excluding hydrogens is 807 g/mol. The van der Waals surface area contributed by atoms with E-state index < -0.39 is 0 Å². The Hall–Kier alpha value is -7.25. The number of hydrogen-bond donors (Lipinski definition) is 0. The summed E-state index contributed by atoms with van der Waals surface area (Å²) in [5.74, 6) is 2.72. The number of pyridine rings is 1. The monoisotopic (exact) mass is 863 g/mol. The molecular formula is C58H57NO6. The van der Waals surface area contributed by atoms with Crippen molar-refractivity contribution >= 4 is 10.9 Å². The van der Waals surface area contributed by atoms with Gasteiger partial charge in [-0.15, -0.1) is 0 Å². The van der Waals surface area contributed by atoms with E-state index in [0.29, 0.717) is 71.9 Å². The summed E-state index contributed by atoms with van der Waals surface area (Å²) in [6, 6.07) is 60.0. The van der Waals surface area contributed by atoms with Crippen LogP contribution in [0.15, 0.2) is 187 Å². The number of hydrogen-bond acceptors (Lipinski definition) is 6. The third-order valence-corrected chi connectivity index (χ3v) is 11.7. The second kappa shape index (κ2) is 22.4. The minimum absolute atomic E-state index is 0.190. The van der Waals surface area contributed by atoms with Crippen molar-refractivity contribution in [2.75, 3.05) is 0 Å². The van der Waals surface area contributed by atoms with Crippen molar-refractivity contribution in [3.05, 3.63) is 220 Å². The van der Waals surface area contributed by atoms with Crippen molar-refractivity contribution < 1.29 is 23.7 Å². The summed E-state index contributed by atoms with van der Waals surface area (Å²) in [4.78, 5) is 15.6. The van der Waals surface area contributed by atoms with E-state index in [1.165, 1.54) is 0 Å². The molecule has 7 aromatic carbocycles. The van der Waals surface area contributed by atoms with Crippen molar-refractivity contribution in [2.45, 2.75) is 79.1 Å². The van der Waals surface area contributed by atoms with Crippen molar-refractivity contribution in [2.24, 2.45) is 5.92 Å². The van der Waals surface area contributed by atoms with Gasteiger partial charge in [-0.3, -0.25) is 4.79 Å². The molecule has 7 heteroatoms.